The van der Waals surface area contributed by atoms with E-state index in [9.17, 15) is 18.0 Å². The highest BCUT2D eigenvalue weighted by molar-refractivity contribution is 7.89. The molecule has 0 aliphatic heterocycles. The Morgan fingerprint density at radius 1 is 1.16 bits per heavy atom. The zero-order chi connectivity index (χ0) is 22.8. The Morgan fingerprint density at radius 2 is 1.84 bits per heavy atom. The maximum absolute atomic E-state index is 12.2. The van der Waals surface area contributed by atoms with Crippen LogP contribution in [0.1, 0.15) is 21.7 Å². The summed E-state index contributed by atoms with van der Waals surface area (Å²) in [5.41, 5.74) is 2.65. The van der Waals surface area contributed by atoms with Gasteiger partial charge < -0.3 is 10.1 Å². The lowest BCUT2D eigenvalue weighted by molar-refractivity contribution is -0.119. The lowest BCUT2D eigenvalue weighted by Gasteiger charge is -2.08. The third-order valence-corrected chi connectivity index (χ3v) is 5.79. The smallest absolute Gasteiger partial charge is 0.338 e. The van der Waals surface area contributed by atoms with Crippen LogP contribution in [-0.4, -0.2) is 36.7 Å². The zero-order valence-corrected chi connectivity index (χ0v) is 18.2. The van der Waals surface area contributed by atoms with Gasteiger partial charge in [-0.15, -0.1) is 0 Å². The molecule has 0 aliphatic carbocycles. The van der Waals surface area contributed by atoms with Crippen molar-refractivity contribution in [2.75, 3.05) is 11.9 Å². The number of amides is 1. The van der Waals surface area contributed by atoms with E-state index in [1.165, 1.54) is 24.3 Å². The second kappa shape index (κ2) is 8.88. The third kappa shape index (κ3) is 5.29. The van der Waals surface area contributed by atoms with E-state index in [4.69, 9.17) is 21.5 Å². The van der Waals surface area contributed by atoms with E-state index in [2.05, 4.69) is 10.4 Å². The Labute approximate surface area is 183 Å². The van der Waals surface area contributed by atoms with Gasteiger partial charge in [0.25, 0.3) is 5.91 Å². The molecule has 9 nitrogen and oxygen atoms in total. The van der Waals surface area contributed by atoms with Gasteiger partial charge in [0.1, 0.15) is 0 Å². The number of benzene rings is 2. The molecule has 0 atom stereocenters. The fourth-order valence-electron chi connectivity index (χ4n) is 2.78. The number of rotatable bonds is 6. The molecule has 2 aromatic carbocycles. The molecular formula is C20H19ClN4O5S. The predicted octanol–water partition coefficient (Wildman–Crippen LogP) is 2.59. The van der Waals surface area contributed by atoms with Crippen molar-refractivity contribution < 1.29 is 22.7 Å². The molecule has 1 amide bonds. The summed E-state index contributed by atoms with van der Waals surface area (Å²) in [6, 6.07) is 11.9. The van der Waals surface area contributed by atoms with Crippen molar-refractivity contribution in [3.63, 3.8) is 0 Å². The number of anilines is 1. The van der Waals surface area contributed by atoms with Crippen LogP contribution in [0.3, 0.4) is 0 Å². The molecule has 1 heterocycles. The molecule has 0 aliphatic rings. The van der Waals surface area contributed by atoms with E-state index in [-0.39, 0.29) is 16.1 Å². The summed E-state index contributed by atoms with van der Waals surface area (Å²) in [6.45, 7) is 3.09. The quantitative estimate of drug-likeness (QED) is 0.541. The average Bonchev–Trinajstić information content (AvgIpc) is 2.99. The SMILES string of the molecule is Cc1nn(-c2ccc(C(=O)OCC(=O)Nc3cccc(S(N)(=O)=O)c3)cc2)c(C)c1Cl. The van der Waals surface area contributed by atoms with E-state index < -0.39 is 28.5 Å². The Balaban J connectivity index is 1.60. The molecule has 0 fully saturated rings. The Hall–Kier alpha value is -3.21. The van der Waals surface area contributed by atoms with E-state index in [0.29, 0.717) is 10.7 Å². The molecule has 3 N–H and O–H groups in total. The van der Waals surface area contributed by atoms with Crippen molar-refractivity contribution in [3.05, 3.63) is 70.5 Å². The molecule has 0 unspecified atom stereocenters. The Bertz CT molecular complexity index is 1250. The number of hydrogen-bond acceptors (Lipinski definition) is 6. The van der Waals surface area contributed by atoms with Gasteiger partial charge in [-0.3, -0.25) is 4.79 Å². The van der Waals surface area contributed by atoms with E-state index in [1.807, 2.05) is 6.92 Å². The number of aromatic nitrogens is 2. The van der Waals surface area contributed by atoms with E-state index in [1.54, 1.807) is 35.9 Å². The van der Waals surface area contributed by atoms with Gasteiger partial charge in [-0.05, 0) is 56.3 Å². The number of aryl methyl sites for hydroxylation is 1. The summed E-state index contributed by atoms with van der Waals surface area (Å²) in [7, 11) is -3.90. The van der Waals surface area contributed by atoms with Crippen LogP contribution in [0.5, 0.6) is 0 Å². The van der Waals surface area contributed by atoms with Crippen LogP contribution in [0.15, 0.2) is 53.4 Å². The number of carbonyl (C=O) groups excluding carboxylic acids is 2. The van der Waals surface area contributed by atoms with Gasteiger partial charge in [0.05, 0.1) is 32.6 Å². The normalized spacial score (nSPS) is 11.2. The first-order chi connectivity index (χ1) is 14.6. The third-order valence-electron chi connectivity index (χ3n) is 4.33. The number of primary sulfonamides is 1. The molecule has 0 radical (unpaired) electrons. The number of nitrogens with two attached hydrogens (primary N) is 1. The number of hydrogen-bond donors (Lipinski definition) is 2. The van der Waals surface area contributed by atoms with Gasteiger partial charge in [0.15, 0.2) is 6.61 Å². The molecule has 11 heteroatoms. The van der Waals surface area contributed by atoms with Gasteiger partial charge in [0.2, 0.25) is 10.0 Å². The Kier molecular flexibility index (Phi) is 6.44. The molecule has 0 bridgehead atoms. The molecule has 31 heavy (non-hydrogen) atoms. The summed E-state index contributed by atoms with van der Waals surface area (Å²) in [5.74, 6) is -1.32. The molecular weight excluding hydrogens is 444 g/mol. The highest BCUT2D eigenvalue weighted by atomic mass is 35.5. The highest BCUT2D eigenvalue weighted by Gasteiger charge is 2.14. The second-order valence-corrected chi connectivity index (χ2v) is 8.58. The summed E-state index contributed by atoms with van der Waals surface area (Å²) < 4.78 is 29.4. The van der Waals surface area contributed by atoms with Crippen molar-refractivity contribution in [1.29, 1.82) is 0 Å². The van der Waals surface area contributed by atoms with Crippen molar-refractivity contribution >= 4 is 39.2 Å². The molecule has 162 valence electrons. The van der Waals surface area contributed by atoms with Gasteiger partial charge in [-0.2, -0.15) is 5.10 Å². The number of sulfonamides is 1. The standard InChI is InChI=1S/C20H19ClN4O5S/c1-12-19(21)13(2)25(24-12)16-8-6-14(7-9-16)20(27)30-11-18(26)23-15-4-3-5-17(10-15)31(22,28)29/h3-10H,11H2,1-2H3,(H,23,26)(H2,22,28,29). The molecule has 0 saturated heterocycles. The summed E-state index contributed by atoms with van der Waals surface area (Å²) in [6.07, 6.45) is 0. The number of nitrogens with one attached hydrogen (secondary N) is 1. The first kappa shape index (κ1) is 22.5. The van der Waals surface area contributed by atoms with Crippen LogP contribution in [0.25, 0.3) is 5.69 Å². The second-order valence-electron chi connectivity index (χ2n) is 6.64. The maximum atomic E-state index is 12.2. The minimum Gasteiger partial charge on any atom is -0.452 e. The van der Waals surface area contributed by atoms with E-state index >= 15 is 0 Å². The number of nitrogens with zero attached hydrogens (tertiary/aromatic N) is 2. The largest absolute Gasteiger partial charge is 0.452 e. The van der Waals surface area contributed by atoms with Crippen molar-refractivity contribution in [1.82, 2.24) is 9.78 Å². The van der Waals surface area contributed by atoms with Crippen molar-refractivity contribution in [2.24, 2.45) is 5.14 Å². The molecule has 3 aromatic rings. The summed E-state index contributed by atoms with van der Waals surface area (Å²) in [5, 5.41) is 12.4. The van der Waals surface area contributed by atoms with Crippen LogP contribution in [0.2, 0.25) is 5.02 Å². The minimum atomic E-state index is -3.90. The number of halogens is 1. The fraction of sp³-hybridized carbons (Fsp3) is 0.150. The Morgan fingerprint density at radius 3 is 2.42 bits per heavy atom. The van der Waals surface area contributed by atoms with E-state index in [0.717, 1.165) is 11.4 Å². The topological polar surface area (TPSA) is 133 Å². The fourth-order valence-corrected chi connectivity index (χ4v) is 3.45. The monoisotopic (exact) mass is 462 g/mol. The molecule has 0 spiro atoms. The van der Waals surface area contributed by atoms with Crippen LogP contribution in [-0.2, 0) is 19.6 Å². The first-order valence-electron chi connectivity index (χ1n) is 8.98. The van der Waals surface area contributed by atoms with Crippen molar-refractivity contribution in [2.45, 2.75) is 18.7 Å². The molecule has 0 saturated carbocycles. The number of carbonyl (C=O) groups is 2. The molecule has 3 rings (SSSR count). The van der Waals surface area contributed by atoms with Crippen LogP contribution in [0, 0.1) is 13.8 Å². The summed E-state index contributed by atoms with van der Waals surface area (Å²) >= 11 is 6.16. The lowest BCUT2D eigenvalue weighted by Crippen LogP contribution is -2.21. The van der Waals surface area contributed by atoms with Crippen LogP contribution < -0.4 is 10.5 Å². The molecule has 1 aromatic heterocycles. The zero-order valence-electron chi connectivity index (χ0n) is 16.6. The van der Waals surface area contributed by atoms with Gasteiger partial charge >= 0.3 is 5.97 Å². The van der Waals surface area contributed by atoms with Crippen LogP contribution in [0.4, 0.5) is 5.69 Å². The average molecular weight is 463 g/mol. The number of esters is 1. The predicted molar refractivity (Wildman–Crippen MR) is 115 cm³/mol. The van der Waals surface area contributed by atoms with Crippen molar-refractivity contribution in [3.8, 4) is 5.69 Å². The van der Waals surface area contributed by atoms with Crippen LogP contribution >= 0.6 is 11.6 Å². The first-order valence-corrected chi connectivity index (χ1v) is 10.9. The minimum absolute atomic E-state index is 0.147. The van der Waals surface area contributed by atoms with Gasteiger partial charge in [0, 0.05) is 5.69 Å². The lowest BCUT2D eigenvalue weighted by atomic mass is 10.2. The highest BCUT2D eigenvalue weighted by Crippen LogP contribution is 2.22. The number of ether oxygens (including phenoxy) is 1. The van der Waals surface area contributed by atoms with Gasteiger partial charge in [-0.1, -0.05) is 17.7 Å². The summed E-state index contributed by atoms with van der Waals surface area (Å²) in [4.78, 5) is 24.1. The van der Waals surface area contributed by atoms with Gasteiger partial charge in [-0.25, -0.2) is 23.0 Å². The maximum Gasteiger partial charge on any atom is 0.338 e.